The van der Waals surface area contributed by atoms with Crippen LogP contribution in [0.5, 0.6) is 0 Å². The second kappa shape index (κ2) is 15.7. The molecular weight excluding hydrogens is 505 g/mol. The Labute approximate surface area is 213 Å². The molecule has 196 valence electrons. The van der Waals surface area contributed by atoms with Gasteiger partial charge in [0.25, 0.3) is 0 Å². The summed E-state index contributed by atoms with van der Waals surface area (Å²) in [4.78, 5) is 27.9. The average molecular weight is 549 g/mol. The normalized spacial score (nSPS) is 12.6. The molecule has 9 nitrogen and oxygen atoms in total. The van der Waals surface area contributed by atoms with Gasteiger partial charge in [-0.1, -0.05) is 6.92 Å². The zero-order valence-electron chi connectivity index (χ0n) is 22.3. The van der Waals surface area contributed by atoms with Crippen LogP contribution in [0.1, 0.15) is 44.7 Å². The number of nitrogens with zero attached hydrogens (tertiary/aromatic N) is 4. The van der Waals surface area contributed by atoms with Crippen molar-refractivity contribution in [2.45, 2.75) is 57.4 Å². The summed E-state index contributed by atoms with van der Waals surface area (Å²) in [5.74, 6) is 6.41. The topological polar surface area (TPSA) is 124 Å². The Morgan fingerprint density at radius 2 is 1.63 bits per heavy atom. The summed E-state index contributed by atoms with van der Waals surface area (Å²) in [7, 11) is 0. The molecule has 0 bridgehead atoms. The van der Waals surface area contributed by atoms with E-state index in [1.54, 1.807) is 13.1 Å². The Balaban J connectivity index is 2.87. The molecule has 0 spiro atoms. The van der Waals surface area contributed by atoms with Crippen LogP contribution in [-0.4, -0.2) is 91.4 Å². The van der Waals surface area contributed by atoms with Crippen LogP contribution in [-0.2, 0) is 16.1 Å². The fourth-order valence-electron chi connectivity index (χ4n) is 3.66. The van der Waals surface area contributed by atoms with Gasteiger partial charge in [-0.2, -0.15) is 0 Å². The van der Waals surface area contributed by atoms with Crippen molar-refractivity contribution < 1.29 is 14.7 Å². The molecule has 4 N–H and O–H groups in total. The number of amides is 1. The first-order valence-corrected chi connectivity index (χ1v) is 19.7. The van der Waals surface area contributed by atoms with Crippen molar-refractivity contribution in [1.82, 2.24) is 15.1 Å². The van der Waals surface area contributed by atoms with E-state index in [4.69, 9.17) is 10.8 Å². The molecular formula is C25H44GeN6O3. The molecule has 0 saturated carbocycles. The van der Waals surface area contributed by atoms with Gasteiger partial charge >= 0.3 is 190 Å². The molecule has 0 radical (unpaired) electrons. The Hall–Kier alpha value is -2.24. The third-order valence-corrected chi connectivity index (χ3v) is 9.70. The molecule has 1 amide bonds. The van der Waals surface area contributed by atoms with E-state index < -0.39 is 19.2 Å². The first kappa shape index (κ1) is 30.8. The quantitative estimate of drug-likeness (QED) is 0.126. The SMILES string of the molecule is C/C=N\N=C(/N)c1cc(CNC(=O)CN(CCC)CCN(CCC)CC(=O)O)c[c]([Ge]([CH3])([CH3])[CH3])c1. The van der Waals surface area contributed by atoms with Crippen molar-refractivity contribution in [1.29, 1.82) is 0 Å². The van der Waals surface area contributed by atoms with Crippen LogP contribution >= 0.6 is 0 Å². The van der Waals surface area contributed by atoms with Crippen LogP contribution in [0.4, 0.5) is 0 Å². The number of nitrogens with one attached hydrogen (secondary N) is 1. The summed E-state index contributed by atoms with van der Waals surface area (Å²) in [6.07, 6.45) is 3.40. The number of aliphatic carboxylic acids is 1. The monoisotopic (exact) mass is 550 g/mol. The van der Waals surface area contributed by atoms with Gasteiger partial charge in [-0.3, -0.25) is 4.79 Å². The van der Waals surface area contributed by atoms with Crippen LogP contribution < -0.4 is 15.4 Å². The fourth-order valence-corrected chi connectivity index (χ4v) is 6.19. The molecule has 1 aromatic rings. The van der Waals surface area contributed by atoms with Crippen LogP contribution in [0, 0.1) is 0 Å². The van der Waals surface area contributed by atoms with E-state index in [-0.39, 0.29) is 19.0 Å². The molecule has 0 aliphatic rings. The van der Waals surface area contributed by atoms with Gasteiger partial charge in [-0.15, -0.1) is 0 Å². The van der Waals surface area contributed by atoms with E-state index in [9.17, 15) is 9.59 Å². The van der Waals surface area contributed by atoms with Gasteiger partial charge in [0.05, 0.1) is 0 Å². The van der Waals surface area contributed by atoms with Crippen molar-refractivity contribution in [2.24, 2.45) is 15.9 Å². The van der Waals surface area contributed by atoms with Crippen LogP contribution in [0.25, 0.3) is 0 Å². The van der Waals surface area contributed by atoms with E-state index in [1.165, 1.54) is 4.40 Å². The second-order valence-electron chi connectivity index (χ2n) is 9.75. The van der Waals surface area contributed by atoms with Gasteiger partial charge in [0.1, 0.15) is 0 Å². The van der Waals surface area contributed by atoms with Crippen molar-refractivity contribution >= 4 is 41.6 Å². The molecule has 35 heavy (non-hydrogen) atoms. The second-order valence-corrected chi connectivity index (χ2v) is 20.4. The third-order valence-electron chi connectivity index (χ3n) is 5.46. The number of rotatable bonds is 16. The number of carbonyl (C=O) groups is 2. The number of amidine groups is 1. The standard InChI is InChI=1S/C25H44GeN6O3/c1-7-10-31(12-13-32(11-8-2)19-24(34)35)18-23(33)28-17-20-14-21(25(27)30-29-9-3)16-22(15-20)26(4,5)6/h9,14-16H,7-8,10-13,17-19H2,1-6H3,(H2,27,30)(H,28,33)(H,34,35)/b29-9-. The number of hydrogen-bond acceptors (Lipinski definition) is 6. The van der Waals surface area contributed by atoms with Crippen LogP contribution in [0.3, 0.4) is 0 Å². The molecule has 0 aliphatic heterocycles. The zero-order chi connectivity index (χ0) is 26.4. The number of benzene rings is 1. The molecule has 0 unspecified atom stereocenters. The van der Waals surface area contributed by atoms with Crippen molar-refractivity contribution in [3.8, 4) is 0 Å². The van der Waals surface area contributed by atoms with Gasteiger partial charge < -0.3 is 5.11 Å². The molecule has 1 aromatic carbocycles. The van der Waals surface area contributed by atoms with E-state index in [1.807, 2.05) is 17.9 Å². The fraction of sp³-hybridized carbons (Fsp3) is 0.600. The maximum absolute atomic E-state index is 12.8. The predicted octanol–water partition coefficient (Wildman–Crippen LogP) is 2.07. The maximum atomic E-state index is 12.8. The molecule has 1 rings (SSSR count). The van der Waals surface area contributed by atoms with E-state index >= 15 is 0 Å². The summed E-state index contributed by atoms with van der Waals surface area (Å²) < 4.78 is 1.28. The van der Waals surface area contributed by atoms with Crippen LogP contribution in [0.15, 0.2) is 28.4 Å². The van der Waals surface area contributed by atoms with E-state index in [0.29, 0.717) is 25.5 Å². The number of carbonyl (C=O) groups excluding carboxylic acids is 1. The van der Waals surface area contributed by atoms with Gasteiger partial charge in [-0.05, 0) is 6.42 Å². The average Bonchev–Trinajstić information content (AvgIpc) is 2.78. The molecule has 0 fully saturated rings. The predicted molar refractivity (Wildman–Crippen MR) is 147 cm³/mol. The van der Waals surface area contributed by atoms with Gasteiger partial charge in [0, 0.05) is 0 Å². The molecule has 10 heteroatoms. The van der Waals surface area contributed by atoms with Crippen LogP contribution in [0.2, 0.25) is 17.3 Å². The van der Waals surface area contributed by atoms with E-state index in [2.05, 4.69) is 56.7 Å². The number of carboxylic acid groups (broad SMARTS) is 1. The minimum atomic E-state index is -2.16. The summed E-state index contributed by atoms with van der Waals surface area (Å²) in [5.41, 5.74) is 7.96. The summed E-state index contributed by atoms with van der Waals surface area (Å²) in [6, 6.07) is 6.22. The molecule has 0 aliphatic carbocycles. The number of nitrogens with two attached hydrogens (primary N) is 1. The summed E-state index contributed by atoms with van der Waals surface area (Å²) in [5, 5.41) is 20.1. The summed E-state index contributed by atoms with van der Waals surface area (Å²) in [6.45, 7) is 9.38. The van der Waals surface area contributed by atoms with Crippen molar-refractivity contribution in [3.63, 3.8) is 0 Å². The van der Waals surface area contributed by atoms with Gasteiger partial charge in [0.2, 0.25) is 0 Å². The molecule has 0 heterocycles. The summed E-state index contributed by atoms with van der Waals surface area (Å²) >= 11 is -2.16. The van der Waals surface area contributed by atoms with E-state index in [0.717, 1.165) is 37.1 Å². The molecule has 0 saturated heterocycles. The zero-order valence-corrected chi connectivity index (χ0v) is 24.4. The number of carboxylic acids is 1. The first-order valence-electron chi connectivity index (χ1n) is 12.4. The number of hydrogen-bond donors (Lipinski definition) is 3. The van der Waals surface area contributed by atoms with Gasteiger partial charge in [0.15, 0.2) is 0 Å². The first-order chi connectivity index (χ1) is 16.5. The Morgan fingerprint density at radius 1 is 1.03 bits per heavy atom. The van der Waals surface area contributed by atoms with Crippen molar-refractivity contribution in [2.75, 3.05) is 39.3 Å². The van der Waals surface area contributed by atoms with Gasteiger partial charge in [-0.25, -0.2) is 0 Å². The molecule has 0 atom stereocenters. The molecule has 0 aromatic heterocycles. The minimum absolute atomic E-state index is 0.0208. The Morgan fingerprint density at radius 3 is 2.14 bits per heavy atom. The third kappa shape index (κ3) is 12.3. The Kier molecular flexibility index (Phi) is 13.8. The Bertz CT molecular complexity index is 882. The van der Waals surface area contributed by atoms with Crippen molar-refractivity contribution in [3.05, 3.63) is 29.3 Å².